The van der Waals surface area contributed by atoms with Crippen molar-refractivity contribution in [2.24, 2.45) is 0 Å². The first-order valence-electron chi connectivity index (χ1n) is 9.68. The normalized spacial score (nSPS) is 16.6. The van der Waals surface area contributed by atoms with Crippen molar-refractivity contribution >= 4 is 33.2 Å². The molecule has 4 rings (SSSR count). The molecule has 30 heavy (non-hydrogen) atoms. The van der Waals surface area contributed by atoms with Gasteiger partial charge in [-0.15, -0.1) is 11.3 Å². The number of nitrogens with zero attached hydrogens (tertiary/aromatic N) is 3. The van der Waals surface area contributed by atoms with Gasteiger partial charge in [-0.05, 0) is 18.4 Å². The summed E-state index contributed by atoms with van der Waals surface area (Å²) in [5, 5.41) is 12.7. The number of thiophene rings is 1. The van der Waals surface area contributed by atoms with Crippen molar-refractivity contribution in [2.75, 3.05) is 32.8 Å². The molecule has 0 bridgehead atoms. The topological polar surface area (TPSA) is 105 Å². The molecular weight excluding hydrogens is 404 g/mol. The van der Waals surface area contributed by atoms with Gasteiger partial charge in [-0.25, -0.2) is 4.98 Å². The number of aliphatic hydroxyl groups excluding tert-OH is 1. The van der Waals surface area contributed by atoms with Crippen LogP contribution in [0.5, 0.6) is 0 Å². The fourth-order valence-corrected chi connectivity index (χ4v) is 4.65. The van der Waals surface area contributed by atoms with Gasteiger partial charge >= 0.3 is 0 Å². The summed E-state index contributed by atoms with van der Waals surface area (Å²) in [4.78, 5) is 36.2. The molecule has 0 saturated carbocycles. The van der Waals surface area contributed by atoms with Crippen LogP contribution in [0.15, 0.2) is 36.7 Å². The molecule has 0 aliphatic carbocycles. The number of fused-ring (bicyclic) bond motifs is 1. The van der Waals surface area contributed by atoms with Gasteiger partial charge in [0.05, 0.1) is 36.5 Å². The average molecular weight is 426 g/mol. The van der Waals surface area contributed by atoms with Crippen molar-refractivity contribution in [1.82, 2.24) is 20.2 Å². The minimum absolute atomic E-state index is 0.133. The van der Waals surface area contributed by atoms with Gasteiger partial charge in [-0.1, -0.05) is 18.2 Å². The standard InChI is InChI=1S/C21H22N4O4S/c1-13-10-24-15(11-23-13)21(28)25-7-9-29-16(12-25)18-14-4-2-3-5-17(14)30-19(18)20(27)22-6-8-26/h2-5,10-11,16,26H,6-9,12H2,1H3,(H,22,27)/t16-/m1/s1. The number of hydrogen-bond acceptors (Lipinski definition) is 7. The van der Waals surface area contributed by atoms with E-state index in [4.69, 9.17) is 9.84 Å². The van der Waals surface area contributed by atoms with Crippen molar-refractivity contribution in [3.05, 3.63) is 58.5 Å². The molecule has 156 valence electrons. The zero-order valence-electron chi connectivity index (χ0n) is 16.5. The third-order valence-electron chi connectivity index (χ3n) is 4.91. The van der Waals surface area contributed by atoms with Crippen molar-refractivity contribution in [2.45, 2.75) is 13.0 Å². The highest BCUT2D eigenvalue weighted by Crippen LogP contribution is 2.38. The number of morpholine rings is 1. The minimum Gasteiger partial charge on any atom is -0.395 e. The first-order valence-corrected chi connectivity index (χ1v) is 10.5. The molecule has 1 atom stereocenters. The van der Waals surface area contributed by atoms with E-state index in [0.717, 1.165) is 21.3 Å². The quantitative estimate of drug-likeness (QED) is 0.646. The Labute approximate surface area is 177 Å². The van der Waals surface area contributed by atoms with E-state index in [9.17, 15) is 9.59 Å². The Bertz CT molecular complexity index is 1070. The van der Waals surface area contributed by atoms with Crippen molar-refractivity contribution in [3.63, 3.8) is 0 Å². The number of carbonyl (C=O) groups excluding carboxylic acids is 2. The van der Waals surface area contributed by atoms with E-state index >= 15 is 0 Å². The zero-order valence-corrected chi connectivity index (χ0v) is 17.3. The highest BCUT2D eigenvalue weighted by molar-refractivity contribution is 7.21. The third-order valence-corrected chi connectivity index (χ3v) is 6.10. The van der Waals surface area contributed by atoms with Gasteiger partial charge < -0.3 is 20.1 Å². The van der Waals surface area contributed by atoms with Crippen molar-refractivity contribution < 1.29 is 19.4 Å². The Balaban J connectivity index is 1.65. The highest BCUT2D eigenvalue weighted by Gasteiger charge is 2.32. The molecule has 1 aromatic carbocycles. The summed E-state index contributed by atoms with van der Waals surface area (Å²) in [6.45, 7) is 2.98. The maximum atomic E-state index is 12.9. The number of amides is 2. The van der Waals surface area contributed by atoms with Crippen LogP contribution in [0, 0.1) is 6.92 Å². The Kier molecular flexibility index (Phi) is 6.03. The molecule has 1 aliphatic rings. The van der Waals surface area contributed by atoms with Crippen LogP contribution in [0.2, 0.25) is 0 Å². The van der Waals surface area contributed by atoms with E-state index in [1.54, 1.807) is 11.1 Å². The highest BCUT2D eigenvalue weighted by atomic mass is 32.1. The monoisotopic (exact) mass is 426 g/mol. The molecule has 1 fully saturated rings. The lowest BCUT2D eigenvalue weighted by atomic mass is 10.0. The van der Waals surface area contributed by atoms with Crippen molar-refractivity contribution in [3.8, 4) is 0 Å². The number of ether oxygens (including phenoxy) is 1. The van der Waals surface area contributed by atoms with Crippen molar-refractivity contribution in [1.29, 1.82) is 0 Å². The molecule has 8 nitrogen and oxygen atoms in total. The van der Waals surface area contributed by atoms with Crippen LogP contribution in [0.1, 0.15) is 37.5 Å². The molecule has 2 N–H and O–H groups in total. The molecule has 3 heterocycles. The summed E-state index contributed by atoms with van der Waals surface area (Å²) in [6.07, 6.45) is 2.61. The van der Waals surface area contributed by atoms with Gasteiger partial charge in [-0.3, -0.25) is 14.6 Å². The second kappa shape index (κ2) is 8.86. The average Bonchev–Trinajstić information content (AvgIpc) is 3.17. The minimum atomic E-state index is -0.438. The number of carbonyl (C=O) groups is 2. The summed E-state index contributed by atoms with van der Waals surface area (Å²) < 4.78 is 6.98. The number of aromatic nitrogens is 2. The Hall–Kier alpha value is -2.88. The summed E-state index contributed by atoms with van der Waals surface area (Å²) in [5.74, 6) is -0.460. The zero-order chi connectivity index (χ0) is 21.1. The van der Waals surface area contributed by atoms with Crippen LogP contribution in [-0.2, 0) is 4.74 Å². The maximum absolute atomic E-state index is 12.9. The molecule has 1 aliphatic heterocycles. The number of hydrogen-bond donors (Lipinski definition) is 2. The van der Waals surface area contributed by atoms with Gasteiger partial charge in [0.2, 0.25) is 0 Å². The van der Waals surface area contributed by atoms with E-state index in [2.05, 4.69) is 15.3 Å². The van der Waals surface area contributed by atoms with Gasteiger partial charge in [0.1, 0.15) is 11.8 Å². The van der Waals surface area contributed by atoms with E-state index in [0.29, 0.717) is 24.6 Å². The van der Waals surface area contributed by atoms with E-state index in [1.807, 2.05) is 31.2 Å². The number of benzene rings is 1. The summed E-state index contributed by atoms with van der Waals surface area (Å²) in [5.41, 5.74) is 1.81. The van der Waals surface area contributed by atoms with Crippen LogP contribution in [0.3, 0.4) is 0 Å². The molecule has 0 radical (unpaired) electrons. The van der Waals surface area contributed by atoms with Crippen LogP contribution in [-0.4, -0.2) is 64.6 Å². The summed E-state index contributed by atoms with van der Waals surface area (Å²) in [7, 11) is 0. The smallest absolute Gasteiger partial charge is 0.274 e. The SMILES string of the molecule is Cc1cnc(C(=O)N2CCO[C@@H](c3c(C(=O)NCCO)sc4ccccc34)C2)cn1. The molecular formula is C21H22N4O4S. The van der Waals surface area contributed by atoms with E-state index in [-0.39, 0.29) is 30.7 Å². The predicted molar refractivity (Wildman–Crippen MR) is 113 cm³/mol. The van der Waals surface area contributed by atoms with E-state index in [1.165, 1.54) is 17.5 Å². The molecule has 1 saturated heterocycles. The summed E-state index contributed by atoms with van der Waals surface area (Å²) in [6, 6.07) is 7.76. The molecule has 0 spiro atoms. The molecule has 3 aromatic rings. The lowest BCUT2D eigenvalue weighted by Gasteiger charge is -2.33. The fraction of sp³-hybridized carbons (Fsp3) is 0.333. The van der Waals surface area contributed by atoms with Gasteiger partial charge in [0.15, 0.2) is 0 Å². The number of rotatable bonds is 5. The number of aliphatic hydroxyl groups is 1. The molecule has 2 amide bonds. The summed E-state index contributed by atoms with van der Waals surface area (Å²) >= 11 is 1.38. The van der Waals surface area contributed by atoms with E-state index < -0.39 is 6.10 Å². The van der Waals surface area contributed by atoms with Gasteiger partial charge in [0.25, 0.3) is 11.8 Å². The molecule has 9 heteroatoms. The lowest BCUT2D eigenvalue weighted by Crippen LogP contribution is -2.43. The fourth-order valence-electron chi connectivity index (χ4n) is 3.48. The number of nitrogens with one attached hydrogen (secondary N) is 1. The second-order valence-electron chi connectivity index (χ2n) is 6.97. The predicted octanol–water partition coefficient (Wildman–Crippen LogP) is 1.94. The van der Waals surface area contributed by atoms with Crippen LogP contribution < -0.4 is 5.32 Å². The second-order valence-corrected chi connectivity index (χ2v) is 8.03. The van der Waals surface area contributed by atoms with Crippen LogP contribution in [0.4, 0.5) is 0 Å². The van der Waals surface area contributed by atoms with Crippen LogP contribution >= 0.6 is 11.3 Å². The van der Waals surface area contributed by atoms with Crippen LogP contribution in [0.25, 0.3) is 10.1 Å². The molecule has 0 unspecified atom stereocenters. The Morgan fingerprint density at radius 3 is 2.90 bits per heavy atom. The number of aryl methyl sites for hydroxylation is 1. The maximum Gasteiger partial charge on any atom is 0.274 e. The first-order chi connectivity index (χ1) is 14.6. The first kappa shape index (κ1) is 20.4. The Morgan fingerprint density at radius 1 is 1.30 bits per heavy atom. The lowest BCUT2D eigenvalue weighted by molar-refractivity contribution is -0.0224. The van der Waals surface area contributed by atoms with Gasteiger partial charge in [0, 0.05) is 29.5 Å². The largest absolute Gasteiger partial charge is 0.395 e. The third kappa shape index (κ3) is 4.04. The van der Waals surface area contributed by atoms with Gasteiger partial charge in [-0.2, -0.15) is 0 Å². The Morgan fingerprint density at radius 2 is 2.13 bits per heavy atom. The molecule has 2 aromatic heterocycles.